The Balaban J connectivity index is -0.000000551. The van der Waals surface area contributed by atoms with Crippen LogP contribution in [0.5, 0.6) is 0 Å². The van der Waals surface area contributed by atoms with Crippen molar-refractivity contribution in [2.45, 2.75) is 222 Å². The molecule has 6 heteroatoms. The molecule has 0 aliphatic heterocycles. The molecule has 0 fully saturated rings. The van der Waals surface area contributed by atoms with E-state index in [1.165, 1.54) is 64.2 Å². The molecule has 0 aromatic rings. The van der Waals surface area contributed by atoms with Crippen LogP contribution in [0.25, 0.3) is 0 Å². The normalized spacial score (nSPS) is 11.7. The molecule has 47 heavy (non-hydrogen) atoms. The first-order chi connectivity index (χ1) is 22.9. The number of esters is 1. The largest absolute Gasteiger partial charge is 0.462 e. The van der Waals surface area contributed by atoms with Crippen LogP contribution in [0.4, 0.5) is 0 Å². The van der Waals surface area contributed by atoms with Gasteiger partial charge in [0.05, 0.1) is 12.7 Å². The van der Waals surface area contributed by atoms with Crippen LogP contribution >= 0.6 is 0 Å². The third-order valence-corrected chi connectivity index (χ3v) is 8.04. The van der Waals surface area contributed by atoms with Crippen molar-refractivity contribution >= 4 is 12.3 Å². The highest BCUT2D eigenvalue weighted by atomic mass is 16.5. The zero-order chi connectivity index (χ0) is 36.2. The van der Waals surface area contributed by atoms with Crippen molar-refractivity contribution in [1.29, 1.82) is 0 Å². The van der Waals surface area contributed by atoms with E-state index in [9.17, 15) is 14.7 Å². The zero-order valence-corrected chi connectivity index (χ0v) is 33.6. The Labute approximate surface area is 295 Å². The van der Waals surface area contributed by atoms with E-state index in [1.807, 2.05) is 13.8 Å². The third kappa shape index (κ3) is 47.2. The summed E-state index contributed by atoms with van der Waals surface area (Å²) in [6, 6.07) is 0. The first-order valence-corrected chi connectivity index (χ1v) is 20.4. The second kappa shape index (κ2) is 49.4. The standard InChI is InChI=1S/C28H55NO4.C8H18O.C3H8.C2H6/c1-3-5-14-20-27(19-6-4-2)33-28(32)21-15-10-9-12-17-23-29(24-26-31)22-16-11-7-8-13-18-25-30;1-4-6-7-8(5-2)9-3;1-3-2;1-2/h25,27,31H,3-24,26H2,1-2H3;8H,4-7H2,1-3H3;3H2,1-2H3;1-2H3. The molecule has 0 aromatic carbocycles. The van der Waals surface area contributed by atoms with Crippen molar-refractivity contribution in [1.82, 2.24) is 4.90 Å². The van der Waals surface area contributed by atoms with E-state index >= 15 is 0 Å². The highest BCUT2D eigenvalue weighted by Gasteiger charge is 2.13. The third-order valence-electron chi connectivity index (χ3n) is 8.04. The van der Waals surface area contributed by atoms with Gasteiger partial charge in [-0.25, -0.2) is 0 Å². The van der Waals surface area contributed by atoms with E-state index in [2.05, 4.69) is 46.4 Å². The second-order valence-electron chi connectivity index (χ2n) is 12.7. The van der Waals surface area contributed by atoms with E-state index in [1.54, 1.807) is 7.11 Å². The molecule has 0 rings (SSSR count). The van der Waals surface area contributed by atoms with Crippen LogP contribution in [-0.4, -0.2) is 67.8 Å². The lowest BCUT2D eigenvalue weighted by molar-refractivity contribution is -0.150. The van der Waals surface area contributed by atoms with Crippen molar-refractivity contribution in [3.05, 3.63) is 0 Å². The predicted molar refractivity (Wildman–Crippen MR) is 206 cm³/mol. The van der Waals surface area contributed by atoms with Gasteiger partial charge in [-0.2, -0.15) is 0 Å². The Morgan fingerprint density at radius 2 is 1.11 bits per heavy atom. The van der Waals surface area contributed by atoms with Gasteiger partial charge < -0.3 is 24.3 Å². The molecule has 2 unspecified atom stereocenters. The molecule has 2 atom stereocenters. The van der Waals surface area contributed by atoms with Crippen LogP contribution < -0.4 is 0 Å². The van der Waals surface area contributed by atoms with Gasteiger partial charge in [-0.05, 0) is 70.9 Å². The summed E-state index contributed by atoms with van der Waals surface area (Å²) in [5.41, 5.74) is 0. The zero-order valence-electron chi connectivity index (χ0n) is 33.6. The summed E-state index contributed by atoms with van der Waals surface area (Å²) >= 11 is 0. The molecule has 0 aliphatic rings. The summed E-state index contributed by atoms with van der Waals surface area (Å²) in [5.74, 6) is -0.00659. The minimum absolute atomic E-state index is 0.00659. The van der Waals surface area contributed by atoms with Gasteiger partial charge in [-0.1, -0.05) is 139 Å². The Morgan fingerprint density at radius 1 is 0.638 bits per heavy atom. The number of aldehydes is 1. The van der Waals surface area contributed by atoms with Crippen LogP contribution in [0.2, 0.25) is 0 Å². The highest BCUT2D eigenvalue weighted by Crippen LogP contribution is 2.16. The van der Waals surface area contributed by atoms with Gasteiger partial charge in [0.15, 0.2) is 0 Å². The van der Waals surface area contributed by atoms with Crippen LogP contribution in [0.15, 0.2) is 0 Å². The van der Waals surface area contributed by atoms with E-state index in [-0.39, 0.29) is 18.7 Å². The maximum atomic E-state index is 12.2. The summed E-state index contributed by atoms with van der Waals surface area (Å²) in [5, 5.41) is 9.31. The minimum atomic E-state index is -0.00659. The molecule has 0 saturated carbocycles. The first-order valence-electron chi connectivity index (χ1n) is 20.4. The maximum Gasteiger partial charge on any atom is 0.306 e. The van der Waals surface area contributed by atoms with Crippen molar-refractivity contribution in [2.24, 2.45) is 0 Å². The minimum Gasteiger partial charge on any atom is -0.462 e. The first kappa shape index (κ1) is 52.8. The van der Waals surface area contributed by atoms with Gasteiger partial charge in [0, 0.05) is 26.5 Å². The van der Waals surface area contributed by atoms with Crippen LogP contribution in [-0.2, 0) is 19.1 Å². The molecule has 6 nitrogen and oxygen atoms in total. The number of aliphatic hydroxyl groups is 1. The number of hydrogen-bond acceptors (Lipinski definition) is 6. The Hall–Kier alpha value is -0.980. The molecule has 0 aromatic heterocycles. The molecular weight excluding hydrogens is 586 g/mol. The molecule has 286 valence electrons. The van der Waals surface area contributed by atoms with Crippen molar-refractivity contribution < 1.29 is 24.2 Å². The molecule has 0 aliphatic carbocycles. The van der Waals surface area contributed by atoms with Crippen LogP contribution in [0, 0.1) is 0 Å². The molecule has 0 saturated heterocycles. The number of hydrogen-bond donors (Lipinski definition) is 1. The topological polar surface area (TPSA) is 76.1 Å². The quantitative estimate of drug-likeness (QED) is 0.0448. The molecule has 0 bridgehead atoms. The van der Waals surface area contributed by atoms with Gasteiger partial charge in [-0.3, -0.25) is 4.79 Å². The van der Waals surface area contributed by atoms with E-state index in [0.29, 0.717) is 18.9 Å². The highest BCUT2D eigenvalue weighted by molar-refractivity contribution is 5.69. The second-order valence-corrected chi connectivity index (χ2v) is 12.7. The van der Waals surface area contributed by atoms with Gasteiger partial charge >= 0.3 is 5.97 Å². The molecule has 0 radical (unpaired) electrons. The molecule has 1 N–H and O–H groups in total. The average molecular weight is 674 g/mol. The number of rotatable bonds is 31. The molecule has 0 amide bonds. The number of nitrogens with zero attached hydrogens (tertiary/aromatic N) is 1. The smallest absolute Gasteiger partial charge is 0.306 e. The maximum absolute atomic E-state index is 12.2. The van der Waals surface area contributed by atoms with Gasteiger partial charge in [0.25, 0.3) is 0 Å². The van der Waals surface area contributed by atoms with Crippen molar-refractivity contribution in [2.75, 3.05) is 33.4 Å². The number of ether oxygens (including phenoxy) is 2. The summed E-state index contributed by atoms with van der Waals surface area (Å²) < 4.78 is 11.0. The lowest BCUT2D eigenvalue weighted by Gasteiger charge is -2.21. The number of methoxy groups -OCH3 is 1. The average Bonchev–Trinajstić information content (AvgIpc) is 3.08. The van der Waals surface area contributed by atoms with E-state index in [0.717, 1.165) is 103 Å². The fourth-order valence-corrected chi connectivity index (χ4v) is 5.19. The molecule has 0 heterocycles. The van der Waals surface area contributed by atoms with Gasteiger partial charge in [0.2, 0.25) is 0 Å². The monoisotopic (exact) mass is 674 g/mol. The van der Waals surface area contributed by atoms with Crippen LogP contribution in [0.1, 0.15) is 209 Å². The van der Waals surface area contributed by atoms with Crippen molar-refractivity contribution in [3.63, 3.8) is 0 Å². The van der Waals surface area contributed by atoms with E-state index in [4.69, 9.17) is 9.47 Å². The number of unbranched alkanes of at least 4 members (excludes halogenated alkanes) is 13. The summed E-state index contributed by atoms with van der Waals surface area (Å²) in [6.45, 7) is 20.1. The van der Waals surface area contributed by atoms with Gasteiger partial charge in [0.1, 0.15) is 12.4 Å². The SMILES string of the molecule is CC.CCC.CCCCC(CC)OC.CCCCCC(CCCC)OC(=O)CCCCCCCN(CCO)CCCCCCCC=O. The fourth-order valence-electron chi connectivity index (χ4n) is 5.19. The van der Waals surface area contributed by atoms with Crippen molar-refractivity contribution in [3.8, 4) is 0 Å². The van der Waals surface area contributed by atoms with E-state index < -0.39 is 0 Å². The number of carbonyl (C=O) groups excluding carboxylic acids is 2. The number of aliphatic hydroxyl groups excluding tert-OH is 1. The lowest BCUT2D eigenvalue weighted by atomic mass is 10.1. The molecule has 0 spiro atoms. The Morgan fingerprint density at radius 3 is 1.57 bits per heavy atom. The summed E-state index contributed by atoms with van der Waals surface area (Å²) in [6.07, 6.45) is 28.2. The summed E-state index contributed by atoms with van der Waals surface area (Å²) in [7, 11) is 1.80. The summed E-state index contributed by atoms with van der Waals surface area (Å²) in [4.78, 5) is 24.9. The van der Waals surface area contributed by atoms with Gasteiger partial charge in [-0.15, -0.1) is 0 Å². The lowest BCUT2D eigenvalue weighted by Crippen LogP contribution is -2.29. The Kier molecular flexibility index (Phi) is 55.5. The predicted octanol–water partition coefficient (Wildman–Crippen LogP) is 11.9. The number of carbonyl (C=O) groups is 2. The Bertz CT molecular complexity index is 556. The fraction of sp³-hybridized carbons (Fsp3) is 0.951. The van der Waals surface area contributed by atoms with Crippen LogP contribution in [0.3, 0.4) is 0 Å². The molecular formula is C41H87NO5.